The topological polar surface area (TPSA) is 82.3 Å². The molecule has 0 amide bonds. The first-order valence-electron chi connectivity index (χ1n) is 12.0. The van der Waals surface area contributed by atoms with E-state index in [4.69, 9.17) is 20.9 Å². The van der Waals surface area contributed by atoms with Gasteiger partial charge < -0.3 is 9.26 Å². The minimum Gasteiger partial charge on any atom is -0.473 e. The molecule has 2 aliphatic carbocycles. The molecule has 0 aliphatic heterocycles. The monoisotopic (exact) mass is 498 g/mol. The molecule has 2 aromatic carbocycles. The second-order valence-electron chi connectivity index (χ2n) is 9.38. The standard InChI is InChI=1S/C29H23ClN2O4/c1-16-3-2-4-23(30)26(16)27-22(29(36-32-27)19-7-8-19)15-35-25-12-10-20-24(31-25)11-9-18-6-5-17(14-33)13-21(18)28(20)34/h2-6,10,12-14,19H,7-9,11,15H2,1H3. The van der Waals surface area contributed by atoms with Crippen molar-refractivity contribution in [2.24, 2.45) is 0 Å². The number of carbonyl (C=O) groups excluding carboxylic acids is 2. The summed E-state index contributed by atoms with van der Waals surface area (Å²) < 4.78 is 11.9. The molecule has 0 bridgehead atoms. The largest absolute Gasteiger partial charge is 0.473 e. The number of halogens is 1. The molecule has 4 aromatic rings. The van der Waals surface area contributed by atoms with Crippen LogP contribution in [0.5, 0.6) is 5.88 Å². The number of aromatic nitrogens is 2. The van der Waals surface area contributed by atoms with Gasteiger partial charge in [0, 0.05) is 34.2 Å². The molecule has 2 aliphatic rings. The highest BCUT2D eigenvalue weighted by atomic mass is 35.5. The summed E-state index contributed by atoms with van der Waals surface area (Å²) in [6.45, 7) is 2.23. The van der Waals surface area contributed by atoms with Gasteiger partial charge in [-0.15, -0.1) is 0 Å². The summed E-state index contributed by atoms with van der Waals surface area (Å²) in [6.07, 6.45) is 4.16. The summed E-state index contributed by atoms with van der Waals surface area (Å²) in [5.74, 6) is 1.51. The van der Waals surface area contributed by atoms with Crippen LogP contribution >= 0.6 is 11.6 Å². The first-order chi connectivity index (χ1) is 17.5. The quantitative estimate of drug-likeness (QED) is 0.290. The van der Waals surface area contributed by atoms with Crippen LogP contribution in [0.4, 0.5) is 0 Å². The van der Waals surface area contributed by atoms with Gasteiger partial charge in [-0.3, -0.25) is 9.59 Å². The number of ketones is 1. The molecule has 2 aromatic heterocycles. The van der Waals surface area contributed by atoms with Crippen molar-refractivity contribution in [2.45, 2.75) is 45.1 Å². The van der Waals surface area contributed by atoms with Gasteiger partial charge in [-0.05, 0) is 61.9 Å². The van der Waals surface area contributed by atoms with Gasteiger partial charge in [0.1, 0.15) is 24.3 Å². The smallest absolute Gasteiger partial charge is 0.213 e. The zero-order valence-electron chi connectivity index (χ0n) is 19.7. The maximum absolute atomic E-state index is 13.2. The molecule has 0 radical (unpaired) electrons. The van der Waals surface area contributed by atoms with Crippen LogP contribution in [0.25, 0.3) is 11.3 Å². The van der Waals surface area contributed by atoms with E-state index in [9.17, 15) is 9.59 Å². The predicted octanol–water partition coefficient (Wildman–Crippen LogP) is 6.30. The van der Waals surface area contributed by atoms with Crippen LogP contribution in [0.15, 0.2) is 53.1 Å². The molecule has 6 nitrogen and oxygen atoms in total. The normalized spacial score (nSPS) is 14.7. The van der Waals surface area contributed by atoms with Gasteiger partial charge in [0.25, 0.3) is 0 Å². The van der Waals surface area contributed by atoms with Gasteiger partial charge in [0.05, 0.1) is 16.3 Å². The van der Waals surface area contributed by atoms with Crippen molar-refractivity contribution < 1.29 is 18.8 Å². The van der Waals surface area contributed by atoms with Gasteiger partial charge in [0.15, 0.2) is 5.78 Å². The third-order valence-electron chi connectivity index (χ3n) is 6.93. The third-order valence-corrected chi connectivity index (χ3v) is 7.24. The van der Waals surface area contributed by atoms with Crippen LogP contribution in [0.1, 0.15) is 73.2 Å². The van der Waals surface area contributed by atoms with Crippen molar-refractivity contribution in [3.63, 3.8) is 0 Å². The highest BCUT2D eigenvalue weighted by Crippen LogP contribution is 2.45. The lowest BCUT2D eigenvalue weighted by Gasteiger charge is -2.11. The Hall–Kier alpha value is -3.77. The Balaban J connectivity index is 1.30. The summed E-state index contributed by atoms with van der Waals surface area (Å²) >= 11 is 6.54. The van der Waals surface area contributed by atoms with Crippen LogP contribution in [0.3, 0.4) is 0 Å². The third kappa shape index (κ3) is 4.01. The number of ether oxygens (including phenoxy) is 1. The van der Waals surface area contributed by atoms with E-state index < -0.39 is 0 Å². The molecule has 36 heavy (non-hydrogen) atoms. The predicted molar refractivity (Wildman–Crippen MR) is 135 cm³/mol. The van der Waals surface area contributed by atoms with Gasteiger partial charge in [-0.2, -0.15) is 0 Å². The second kappa shape index (κ2) is 9.03. The first kappa shape index (κ1) is 22.7. The van der Waals surface area contributed by atoms with Crippen molar-refractivity contribution in [3.05, 3.63) is 98.4 Å². The highest BCUT2D eigenvalue weighted by molar-refractivity contribution is 6.33. The minimum absolute atomic E-state index is 0.119. The molecule has 0 spiro atoms. The molecule has 180 valence electrons. The van der Waals surface area contributed by atoms with E-state index in [1.54, 1.807) is 24.3 Å². The molecular weight excluding hydrogens is 476 g/mol. The number of aryl methyl sites for hydroxylation is 3. The van der Waals surface area contributed by atoms with Crippen LogP contribution in [0, 0.1) is 6.92 Å². The van der Waals surface area contributed by atoms with Gasteiger partial charge in [0.2, 0.25) is 5.88 Å². The van der Waals surface area contributed by atoms with E-state index in [-0.39, 0.29) is 12.4 Å². The molecule has 2 heterocycles. The van der Waals surface area contributed by atoms with Crippen molar-refractivity contribution in [2.75, 3.05) is 0 Å². The Labute approximate surface area is 213 Å². The van der Waals surface area contributed by atoms with Crippen molar-refractivity contribution >= 4 is 23.7 Å². The maximum Gasteiger partial charge on any atom is 0.213 e. The lowest BCUT2D eigenvalue weighted by Crippen LogP contribution is -2.08. The van der Waals surface area contributed by atoms with Crippen LogP contribution in [-0.2, 0) is 19.4 Å². The average Bonchev–Trinajstić information content (AvgIpc) is 3.67. The number of nitrogens with zero attached hydrogens (tertiary/aromatic N) is 2. The number of carbonyl (C=O) groups is 2. The molecule has 0 unspecified atom stereocenters. The number of rotatable bonds is 6. The Morgan fingerprint density at radius 1 is 1.11 bits per heavy atom. The van der Waals surface area contributed by atoms with Crippen LogP contribution in [0.2, 0.25) is 5.02 Å². The molecular formula is C29H23ClN2O4. The number of pyridine rings is 1. The average molecular weight is 499 g/mol. The molecule has 7 heteroatoms. The number of aldehydes is 1. The molecule has 1 fully saturated rings. The molecule has 0 saturated heterocycles. The lowest BCUT2D eigenvalue weighted by atomic mass is 9.98. The van der Waals surface area contributed by atoms with E-state index in [0.717, 1.165) is 47.1 Å². The van der Waals surface area contributed by atoms with Crippen LogP contribution in [-0.4, -0.2) is 22.2 Å². The summed E-state index contributed by atoms with van der Waals surface area (Å²) in [6, 6.07) is 14.5. The Kier molecular flexibility index (Phi) is 5.69. The van der Waals surface area contributed by atoms with Crippen molar-refractivity contribution in [3.8, 4) is 17.1 Å². The zero-order chi connectivity index (χ0) is 24.8. The fourth-order valence-electron chi connectivity index (χ4n) is 4.86. The molecule has 1 saturated carbocycles. The SMILES string of the molecule is Cc1cccc(Cl)c1-c1noc(C2CC2)c1COc1ccc2c(n1)CCc1ccc(C=O)cc1C2=O. The fourth-order valence-corrected chi connectivity index (χ4v) is 5.17. The number of benzene rings is 2. The maximum atomic E-state index is 13.2. The van der Waals surface area contributed by atoms with Crippen molar-refractivity contribution in [1.29, 1.82) is 0 Å². The van der Waals surface area contributed by atoms with Crippen molar-refractivity contribution in [1.82, 2.24) is 10.1 Å². The summed E-state index contributed by atoms with van der Waals surface area (Å²) in [4.78, 5) is 29.1. The molecule has 6 rings (SSSR count). The van der Waals surface area contributed by atoms with E-state index in [1.165, 1.54) is 0 Å². The Morgan fingerprint density at radius 2 is 1.97 bits per heavy atom. The zero-order valence-corrected chi connectivity index (χ0v) is 20.5. The molecule has 0 atom stereocenters. The van der Waals surface area contributed by atoms with E-state index in [1.807, 2.05) is 31.2 Å². The van der Waals surface area contributed by atoms with E-state index in [0.29, 0.717) is 57.7 Å². The highest BCUT2D eigenvalue weighted by Gasteiger charge is 2.33. The first-order valence-corrected chi connectivity index (χ1v) is 12.4. The summed E-state index contributed by atoms with van der Waals surface area (Å²) in [5, 5.41) is 5.00. The molecule has 0 N–H and O–H groups in total. The van der Waals surface area contributed by atoms with E-state index >= 15 is 0 Å². The van der Waals surface area contributed by atoms with Crippen LogP contribution < -0.4 is 4.74 Å². The van der Waals surface area contributed by atoms with Gasteiger partial charge in [-0.1, -0.05) is 41.0 Å². The Morgan fingerprint density at radius 3 is 2.75 bits per heavy atom. The minimum atomic E-state index is -0.119. The summed E-state index contributed by atoms with van der Waals surface area (Å²) in [5.41, 5.74) is 6.65. The fraction of sp³-hybridized carbons (Fsp3) is 0.241. The van der Waals surface area contributed by atoms with E-state index in [2.05, 4.69) is 10.1 Å². The number of hydrogen-bond donors (Lipinski definition) is 0. The number of hydrogen-bond acceptors (Lipinski definition) is 6. The second-order valence-corrected chi connectivity index (χ2v) is 9.78. The number of fused-ring (bicyclic) bond motifs is 2. The summed E-state index contributed by atoms with van der Waals surface area (Å²) in [7, 11) is 0. The lowest BCUT2D eigenvalue weighted by molar-refractivity contribution is 0.103. The Bertz CT molecular complexity index is 1500. The van der Waals surface area contributed by atoms with Gasteiger partial charge in [-0.25, -0.2) is 4.98 Å². The van der Waals surface area contributed by atoms with Gasteiger partial charge >= 0.3 is 0 Å².